The Bertz CT molecular complexity index is 222. The number of hydrogen-bond donors (Lipinski definition) is 0. The van der Waals surface area contributed by atoms with Gasteiger partial charge in [-0.3, -0.25) is 0 Å². The van der Waals surface area contributed by atoms with E-state index in [1.807, 2.05) is 0 Å². The van der Waals surface area contributed by atoms with Gasteiger partial charge in [-0.2, -0.15) is 0 Å². The topological polar surface area (TPSA) is 25.1 Å². The molecule has 0 bridgehead atoms. The summed E-state index contributed by atoms with van der Waals surface area (Å²) < 4.78 is 11.3. The van der Waals surface area contributed by atoms with Gasteiger partial charge in [0.15, 0.2) is 0 Å². The molecule has 0 aromatic rings. The van der Waals surface area contributed by atoms with Gasteiger partial charge in [0.25, 0.3) is 0 Å². The van der Waals surface area contributed by atoms with E-state index >= 15 is 0 Å². The van der Waals surface area contributed by atoms with Crippen LogP contribution in [0.2, 0.25) is 0 Å². The van der Waals surface area contributed by atoms with Gasteiger partial charge in [0.05, 0.1) is 23.9 Å². The van der Waals surface area contributed by atoms with Crippen molar-refractivity contribution in [2.45, 2.75) is 50.4 Å². The molecule has 3 rings (SSSR count). The number of epoxide rings is 2. The summed E-state index contributed by atoms with van der Waals surface area (Å²) in [5.41, 5.74) is 0.355. The average molecular weight is 168 g/mol. The van der Waals surface area contributed by atoms with Gasteiger partial charge < -0.3 is 9.47 Å². The van der Waals surface area contributed by atoms with Gasteiger partial charge in [-0.1, -0.05) is 6.42 Å². The molecule has 1 aliphatic carbocycles. The molecule has 1 saturated carbocycles. The first-order valence-corrected chi connectivity index (χ1v) is 4.97. The van der Waals surface area contributed by atoms with E-state index in [0.29, 0.717) is 12.0 Å². The predicted molar refractivity (Wildman–Crippen MR) is 45.0 cm³/mol. The van der Waals surface area contributed by atoms with Crippen LogP contribution in [0.15, 0.2) is 0 Å². The fourth-order valence-corrected chi connectivity index (χ4v) is 2.95. The molecule has 2 saturated heterocycles. The van der Waals surface area contributed by atoms with Crippen molar-refractivity contribution in [2.75, 3.05) is 6.61 Å². The molecule has 2 aliphatic heterocycles. The number of rotatable bonds is 1. The van der Waals surface area contributed by atoms with E-state index in [1.54, 1.807) is 0 Å². The van der Waals surface area contributed by atoms with Crippen molar-refractivity contribution in [1.82, 2.24) is 0 Å². The lowest BCUT2D eigenvalue weighted by Gasteiger charge is -2.28. The third kappa shape index (κ3) is 0.775. The van der Waals surface area contributed by atoms with Crippen LogP contribution in [0.3, 0.4) is 0 Å². The maximum absolute atomic E-state index is 5.76. The van der Waals surface area contributed by atoms with Crippen molar-refractivity contribution in [3.8, 4) is 0 Å². The van der Waals surface area contributed by atoms with Crippen molar-refractivity contribution in [1.29, 1.82) is 0 Å². The van der Waals surface area contributed by atoms with Gasteiger partial charge in [0, 0.05) is 5.92 Å². The van der Waals surface area contributed by atoms with Crippen molar-refractivity contribution in [3.63, 3.8) is 0 Å². The minimum Gasteiger partial charge on any atom is -0.369 e. The lowest BCUT2D eigenvalue weighted by molar-refractivity contribution is 0.130. The van der Waals surface area contributed by atoms with E-state index in [9.17, 15) is 0 Å². The number of ether oxygens (including phenoxy) is 2. The Morgan fingerprint density at radius 2 is 2.00 bits per heavy atom. The van der Waals surface area contributed by atoms with Crippen LogP contribution in [-0.4, -0.2) is 23.9 Å². The second kappa shape index (κ2) is 1.88. The zero-order chi connectivity index (χ0) is 8.40. The number of hydrogen-bond acceptors (Lipinski definition) is 2. The van der Waals surface area contributed by atoms with Crippen LogP contribution >= 0.6 is 0 Å². The SMILES string of the molecule is CC1(C2CCCC3OC32C)CO1. The highest BCUT2D eigenvalue weighted by Crippen LogP contribution is 2.58. The zero-order valence-electron chi connectivity index (χ0n) is 7.80. The molecule has 0 spiro atoms. The summed E-state index contributed by atoms with van der Waals surface area (Å²) in [5, 5.41) is 0. The van der Waals surface area contributed by atoms with Crippen LogP contribution in [0.4, 0.5) is 0 Å². The molecule has 2 heteroatoms. The van der Waals surface area contributed by atoms with Crippen molar-refractivity contribution >= 4 is 0 Å². The normalized spacial score (nSPS) is 62.5. The predicted octanol–water partition coefficient (Wildman–Crippen LogP) is 1.73. The Hall–Kier alpha value is -0.0800. The third-order valence-corrected chi connectivity index (χ3v) is 3.97. The highest BCUT2D eigenvalue weighted by molar-refractivity contribution is 5.14. The second-order valence-corrected chi connectivity index (χ2v) is 4.88. The lowest BCUT2D eigenvalue weighted by Crippen LogP contribution is -2.37. The molecule has 2 heterocycles. The molecule has 12 heavy (non-hydrogen) atoms. The molecule has 4 unspecified atom stereocenters. The van der Waals surface area contributed by atoms with Gasteiger partial charge in [-0.05, 0) is 26.7 Å². The summed E-state index contributed by atoms with van der Waals surface area (Å²) in [6, 6.07) is 0. The standard InChI is InChI=1S/C10H16O2/c1-9(6-11-9)7-4-3-5-8-10(7,2)12-8/h7-8H,3-6H2,1-2H3. The molecule has 0 N–H and O–H groups in total. The molecule has 3 fully saturated rings. The molecule has 4 atom stereocenters. The van der Waals surface area contributed by atoms with Crippen LogP contribution in [0.25, 0.3) is 0 Å². The summed E-state index contributed by atoms with van der Waals surface area (Å²) >= 11 is 0. The minimum absolute atomic E-state index is 0.171. The second-order valence-electron chi connectivity index (χ2n) is 4.88. The van der Waals surface area contributed by atoms with Crippen LogP contribution in [-0.2, 0) is 9.47 Å². The molecule has 3 aliphatic rings. The molecule has 0 aromatic heterocycles. The Balaban J connectivity index is 1.85. The van der Waals surface area contributed by atoms with Gasteiger partial charge >= 0.3 is 0 Å². The van der Waals surface area contributed by atoms with Crippen LogP contribution < -0.4 is 0 Å². The first-order chi connectivity index (χ1) is 5.65. The molecular weight excluding hydrogens is 152 g/mol. The summed E-state index contributed by atoms with van der Waals surface area (Å²) in [5.74, 6) is 0.656. The minimum atomic E-state index is 0.171. The summed E-state index contributed by atoms with van der Waals surface area (Å²) in [4.78, 5) is 0. The smallest absolute Gasteiger partial charge is 0.0976 e. The summed E-state index contributed by atoms with van der Waals surface area (Å²) in [6.45, 7) is 5.44. The van der Waals surface area contributed by atoms with Gasteiger partial charge in [0.1, 0.15) is 0 Å². The largest absolute Gasteiger partial charge is 0.369 e. The molecule has 0 amide bonds. The monoisotopic (exact) mass is 168 g/mol. The van der Waals surface area contributed by atoms with Crippen LogP contribution in [0, 0.1) is 5.92 Å². The van der Waals surface area contributed by atoms with Gasteiger partial charge in [-0.15, -0.1) is 0 Å². The van der Waals surface area contributed by atoms with Crippen LogP contribution in [0.5, 0.6) is 0 Å². The van der Waals surface area contributed by atoms with Crippen molar-refractivity contribution in [3.05, 3.63) is 0 Å². The fraction of sp³-hybridized carbons (Fsp3) is 1.00. The Labute approximate surface area is 73.2 Å². The van der Waals surface area contributed by atoms with E-state index < -0.39 is 0 Å². The van der Waals surface area contributed by atoms with Crippen molar-refractivity contribution < 1.29 is 9.47 Å². The van der Waals surface area contributed by atoms with Gasteiger partial charge in [-0.25, -0.2) is 0 Å². The molecule has 2 nitrogen and oxygen atoms in total. The summed E-state index contributed by atoms with van der Waals surface area (Å²) in [6.07, 6.45) is 4.44. The maximum atomic E-state index is 5.76. The Kier molecular flexibility index (Phi) is 1.15. The van der Waals surface area contributed by atoms with E-state index in [0.717, 1.165) is 6.61 Å². The fourth-order valence-electron chi connectivity index (χ4n) is 2.95. The lowest BCUT2D eigenvalue weighted by atomic mass is 9.73. The summed E-state index contributed by atoms with van der Waals surface area (Å²) in [7, 11) is 0. The number of fused-ring (bicyclic) bond motifs is 1. The Morgan fingerprint density at radius 3 is 2.67 bits per heavy atom. The molecular formula is C10H16O2. The first kappa shape index (κ1) is 7.34. The first-order valence-electron chi connectivity index (χ1n) is 4.97. The van der Waals surface area contributed by atoms with E-state index in [4.69, 9.17) is 9.47 Å². The molecule has 0 radical (unpaired) electrons. The van der Waals surface area contributed by atoms with E-state index in [-0.39, 0.29) is 11.2 Å². The van der Waals surface area contributed by atoms with Crippen LogP contribution in [0.1, 0.15) is 33.1 Å². The quantitative estimate of drug-likeness (QED) is 0.557. The Morgan fingerprint density at radius 1 is 1.25 bits per heavy atom. The average Bonchev–Trinajstić information content (AvgIpc) is 2.86. The maximum Gasteiger partial charge on any atom is 0.0976 e. The van der Waals surface area contributed by atoms with Gasteiger partial charge in [0.2, 0.25) is 0 Å². The molecule has 68 valence electrons. The van der Waals surface area contributed by atoms with E-state index in [2.05, 4.69) is 13.8 Å². The van der Waals surface area contributed by atoms with E-state index in [1.165, 1.54) is 19.3 Å². The zero-order valence-corrected chi connectivity index (χ0v) is 7.80. The third-order valence-electron chi connectivity index (χ3n) is 3.97. The highest BCUT2D eigenvalue weighted by Gasteiger charge is 2.67. The van der Waals surface area contributed by atoms with Crippen molar-refractivity contribution in [2.24, 2.45) is 5.92 Å². The highest BCUT2D eigenvalue weighted by atomic mass is 16.6. The molecule has 0 aromatic carbocycles.